The summed E-state index contributed by atoms with van der Waals surface area (Å²) in [6.07, 6.45) is 5.57. The second-order valence-corrected chi connectivity index (χ2v) is 10.7. The van der Waals surface area contributed by atoms with Crippen molar-refractivity contribution >= 4 is 51.3 Å². The molecule has 40 heavy (non-hydrogen) atoms. The topological polar surface area (TPSA) is 202 Å². The second-order valence-electron chi connectivity index (χ2n) is 8.94. The Balaban J connectivity index is 2.37. The van der Waals surface area contributed by atoms with Crippen molar-refractivity contribution in [2.45, 2.75) is 38.6 Å². The van der Waals surface area contributed by atoms with Crippen LogP contribution in [0.2, 0.25) is 0 Å². The summed E-state index contributed by atoms with van der Waals surface area (Å²) in [6, 6.07) is 8.53. The van der Waals surface area contributed by atoms with Gasteiger partial charge in [0.2, 0.25) is 21.8 Å². The van der Waals surface area contributed by atoms with Gasteiger partial charge in [-0.2, -0.15) is 0 Å². The van der Waals surface area contributed by atoms with Crippen LogP contribution in [0.5, 0.6) is 0 Å². The van der Waals surface area contributed by atoms with E-state index >= 15 is 0 Å². The number of carbonyl (C=O) groups is 5. The molecule has 0 spiro atoms. The number of hydrogen-bond donors (Lipinski definition) is 5. The van der Waals surface area contributed by atoms with E-state index in [4.69, 9.17) is 5.73 Å². The van der Waals surface area contributed by atoms with E-state index in [2.05, 4.69) is 15.4 Å². The number of carbonyl (C=O) groups excluding carboxylic acids is 4. The lowest BCUT2D eigenvalue weighted by Crippen LogP contribution is -2.47. The average molecular weight is 573 g/mol. The molecule has 13 heteroatoms. The number of para-hydroxylation sites is 1. The molecule has 0 radical (unpaired) electrons. The Morgan fingerprint density at radius 2 is 1.73 bits per heavy atom. The number of primary amides is 1. The van der Waals surface area contributed by atoms with Gasteiger partial charge in [0.05, 0.1) is 17.5 Å². The predicted molar refractivity (Wildman–Crippen MR) is 149 cm³/mol. The molecule has 3 amide bonds. The molecule has 0 aliphatic rings. The fraction of sp³-hybridized carbons (Fsp3) is 0.296. The Labute approximate surface area is 232 Å². The Kier molecular flexibility index (Phi) is 11.7. The number of benzene rings is 2. The number of carboxylic acid groups (broad SMARTS) is 1. The van der Waals surface area contributed by atoms with Gasteiger partial charge in [-0.05, 0) is 48.2 Å². The fourth-order valence-electron chi connectivity index (χ4n) is 3.73. The number of Topliss-reactive ketones (excluding diaryl/α,β-unsaturated/α-hetero) is 1. The lowest BCUT2D eigenvalue weighted by atomic mass is 9.96. The van der Waals surface area contributed by atoms with Crippen LogP contribution in [0, 0.1) is 0 Å². The van der Waals surface area contributed by atoms with Crippen LogP contribution in [0.3, 0.4) is 0 Å². The van der Waals surface area contributed by atoms with Crippen LogP contribution in [0.25, 0.3) is 6.08 Å². The number of unbranched alkanes of at least 4 members (excludes halogenated alkanes) is 2. The number of ketones is 1. The zero-order valence-electron chi connectivity index (χ0n) is 22.1. The first-order valence-corrected chi connectivity index (χ1v) is 14.2. The highest BCUT2D eigenvalue weighted by Gasteiger charge is 2.25. The summed E-state index contributed by atoms with van der Waals surface area (Å²) < 4.78 is 26.1. The zero-order chi connectivity index (χ0) is 29.9. The van der Waals surface area contributed by atoms with E-state index in [0.717, 1.165) is 31.6 Å². The lowest BCUT2D eigenvalue weighted by Gasteiger charge is -2.18. The minimum atomic E-state index is -3.76. The average Bonchev–Trinajstić information content (AvgIpc) is 2.88. The maximum Gasteiger partial charge on any atom is 0.337 e. The number of aromatic carboxylic acids is 1. The third kappa shape index (κ3) is 10.1. The number of amides is 3. The molecule has 12 nitrogen and oxygen atoms in total. The Morgan fingerprint density at radius 1 is 1.02 bits per heavy atom. The highest BCUT2D eigenvalue weighted by Crippen LogP contribution is 2.19. The summed E-state index contributed by atoms with van der Waals surface area (Å²) in [7, 11) is -3.76. The first kappa shape index (κ1) is 31.9. The third-order valence-corrected chi connectivity index (χ3v) is 6.30. The van der Waals surface area contributed by atoms with Crippen LogP contribution >= 0.6 is 0 Å². The monoisotopic (exact) mass is 572 g/mol. The van der Waals surface area contributed by atoms with E-state index < -0.39 is 45.5 Å². The maximum atomic E-state index is 13.0. The van der Waals surface area contributed by atoms with Gasteiger partial charge in [-0.3, -0.25) is 19.2 Å². The molecule has 2 rings (SSSR count). The minimum absolute atomic E-state index is 0.0844. The Bertz CT molecular complexity index is 1420. The van der Waals surface area contributed by atoms with Crippen molar-refractivity contribution in [3.8, 4) is 0 Å². The van der Waals surface area contributed by atoms with Crippen LogP contribution in [-0.4, -0.2) is 61.8 Å². The number of sulfonamides is 1. The van der Waals surface area contributed by atoms with Crippen LogP contribution in [0.4, 0.5) is 5.69 Å². The normalized spacial score (nSPS) is 12.1. The van der Waals surface area contributed by atoms with E-state index in [0.29, 0.717) is 12.1 Å². The van der Waals surface area contributed by atoms with E-state index in [-0.39, 0.29) is 28.8 Å². The van der Waals surface area contributed by atoms with Crippen molar-refractivity contribution in [2.24, 2.45) is 5.73 Å². The summed E-state index contributed by atoms with van der Waals surface area (Å²) in [5, 5.41) is 14.3. The molecule has 0 heterocycles. The highest BCUT2D eigenvalue weighted by molar-refractivity contribution is 7.88. The molecule has 0 aliphatic heterocycles. The summed E-state index contributed by atoms with van der Waals surface area (Å²) >= 11 is 0. The summed E-state index contributed by atoms with van der Waals surface area (Å²) in [6.45, 7) is 2.38. The maximum absolute atomic E-state index is 13.0. The van der Waals surface area contributed by atoms with E-state index in [1.165, 1.54) is 48.5 Å². The molecule has 0 aromatic heterocycles. The van der Waals surface area contributed by atoms with Crippen molar-refractivity contribution < 1.29 is 37.5 Å². The van der Waals surface area contributed by atoms with Gasteiger partial charge >= 0.3 is 5.97 Å². The number of nitrogens with one attached hydrogen (secondary N) is 3. The van der Waals surface area contributed by atoms with Crippen molar-refractivity contribution in [3.05, 3.63) is 70.8 Å². The molecule has 1 atom stereocenters. The summed E-state index contributed by atoms with van der Waals surface area (Å²) in [5.74, 6) is -4.82. The van der Waals surface area contributed by atoms with Crippen LogP contribution in [-0.2, 0) is 30.8 Å². The summed E-state index contributed by atoms with van der Waals surface area (Å²) in [5.41, 5.74) is 5.28. The standard InChI is InChI=1S/C27H32N4O8S/c1-3-4-7-14-29-25(34)22(31-40(2,38)39)16-17-10-12-19(18(15-17)11-13-23(28)32)24(33)26(35)30-21-9-6-5-8-20(21)27(36)37/h5-6,8-13,15,22,31H,3-4,7,14,16H2,1-2H3,(H2,28,32)(H,29,34)(H,30,35)(H,36,37)/b13-11+/t22-/m0/s1. The molecule has 2 aromatic rings. The third-order valence-electron chi connectivity index (χ3n) is 5.59. The van der Waals surface area contributed by atoms with Gasteiger partial charge in [-0.25, -0.2) is 17.9 Å². The molecule has 0 unspecified atom stereocenters. The van der Waals surface area contributed by atoms with Gasteiger partial charge in [0.1, 0.15) is 6.04 Å². The van der Waals surface area contributed by atoms with Gasteiger partial charge in [0, 0.05) is 18.2 Å². The van der Waals surface area contributed by atoms with Crippen LogP contribution in [0.15, 0.2) is 48.5 Å². The first-order chi connectivity index (χ1) is 18.8. The molecule has 6 N–H and O–H groups in total. The van der Waals surface area contributed by atoms with Crippen molar-refractivity contribution in [3.63, 3.8) is 0 Å². The molecular formula is C27H32N4O8S. The van der Waals surface area contributed by atoms with Crippen molar-refractivity contribution in [2.75, 3.05) is 18.1 Å². The summed E-state index contributed by atoms with van der Waals surface area (Å²) in [4.78, 5) is 61.3. The largest absolute Gasteiger partial charge is 0.478 e. The van der Waals surface area contributed by atoms with E-state index in [9.17, 15) is 37.5 Å². The molecule has 0 saturated heterocycles. The number of rotatable bonds is 15. The van der Waals surface area contributed by atoms with Crippen LogP contribution in [0.1, 0.15) is 58.0 Å². The van der Waals surface area contributed by atoms with Crippen molar-refractivity contribution in [1.29, 1.82) is 0 Å². The van der Waals surface area contributed by atoms with E-state index in [1.807, 2.05) is 6.92 Å². The molecule has 214 valence electrons. The number of nitrogens with two attached hydrogens (primary N) is 1. The quantitative estimate of drug-likeness (QED) is 0.0913. The molecule has 0 aliphatic carbocycles. The van der Waals surface area contributed by atoms with Gasteiger partial charge < -0.3 is 21.5 Å². The van der Waals surface area contributed by atoms with Gasteiger partial charge in [0.25, 0.3) is 11.7 Å². The molecule has 0 bridgehead atoms. The number of hydrogen-bond acceptors (Lipinski definition) is 7. The Morgan fingerprint density at radius 3 is 2.35 bits per heavy atom. The first-order valence-electron chi connectivity index (χ1n) is 12.4. The molecule has 0 saturated carbocycles. The van der Waals surface area contributed by atoms with E-state index in [1.54, 1.807) is 0 Å². The van der Waals surface area contributed by atoms with Gasteiger partial charge in [-0.1, -0.05) is 44.0 Å². The highest BCUT2D eigenvalue weighted by atomic mass is 32.2. The van der Waals surface area contributed by atoms with Gasteiger partial charge in [0.15, 0.2) is 0 Å². The minimum Gasteiger partial charge on any atom is -0.478 e. The zero-order valence-corrected chi connectivity index (χ0v) is 22.9. The fourth-order valence-corrected chi connectivity index (χ4v) is 4.43. The predicted octanol–water partition coefficient (Wildman–Crippen LogP) is 1.47. The molecular weight excluding hydrogens is 540 g/mol. The Hall–Kier alpha value is -4.36. The molecule has 0 fully saturated rings. The van der Waals surface area contributed by atoms with Gasteiger partial charge in [-0.15, -0.1) is 0 Å². The smallest absolute Gasteiger partial charge is 0.337 e. The second kappa shape index (κ2) is 14.7. The van der Waals surface area contributed by atoms with Crippen molar-refractivity contribution in [1.82, 2.24) is 10.0 Å². The lowest BCUT2D eigenvalue weighted by molar-refractivity contribution is -0.122. The van der Waals surface area contributed by atoms with Crippen LogP contribution < -0.4 is 21.1 Å². The number of anilines is 1. The molecule has 2 aromatic carbocycles. The number of carboxylic acids is 1. The SMILES string of the molecule is CCCCCNC(=O)[C@H](Cc1ccc(C(=O)C(=O)Nc2ccccc2C(=O)O)c(/C=C/C(N)=O)c1)NS(C)(=O)=O.